The van der Waals surface area contributed by atoms with Crippen LogP contribution in [-0.2, 0) is 0 Å². The molecule has 11 heavy (non-hydrogen) atoms. The van der Waals surface area contributed by atoms with Crippen molar-refractivity contribution in [2.24, 2.45) is 11.8 Å². The Morgan fingerprint density at radius 1 is 1.45 bits per heavy atom. The molecule has 0 spiro atoms. The second-order valence-corrected chi connectivity index (χ2v) is 4.57. The Hall–Kier alpha value is 0.290. The molecule has 0 nitrogen and oxygen atoms in total. The van der Waals surface area contributed by atoms with Crippen molar-refractivity contribution in [1.29, 1.82) is 0 Å². The van der Waals surface area contributed by atoms with E-state index in [0.29, 0.717) is 5.38 Å². The van der Waals surface area contributed by atoms with Crippen molar-refractivity contribution >= 4 is 11.6 Å². The summed E-state index contributed by atoms with van der Waals surface area (Å²) in [6.45, 7) is 4.44. The van der Waals surface area contributed by atoms with Crippen LogP contribution in [0.5, 0.6) is 0 Å². The maximum absolute atomic E-state index is 6.08. The molecule has 0 saturated heterocycles. The molecule has 0 aliphatic heterocycles. The van der Waals surface area contributed by atoms with E-state index in [9.17, 15) is 0 Å². The third-order valence-corrected chi connectivity index (χ3v) is 3.41. The lowest BCUT2D eigenvalue weighted by Gasteiger charge is -2.29. The van der Waals surface area contributed by atoms with Crippen molar-refractivity contribution in [3.63, 3.8) is 0 Å². The van der Waals surface area contributed by atoms with Crippen molar-refractivity contribution in [2.75, 3.05) is 0 Å². The zero-order valence-corrected chi connectivity index (χ0v) is 8.40. The van der Waals surface area contributed by atoms with Gasteiger partial charge in [0.25, 0.3) is 0 Å². The van der Waals surface area contributed by atoms with Crippen molar-refractivity contribution in [3.8, 4) is 0 Å². The number of alkyl halides is 1. The van der Waals surface area contributed by atoms with Gasteiger partial charge in [-0.2, -0.15) is 0 Å². The molecule has 0 heterocycles. The minimum absolute atomic E-state index is 0.393. The first-order valence-electron chi connectivity index (χ1n) is 4.88. The molecule has 1 aliphatic rings. The van der Waals surface area contributed by atoms with Gasteiger partial charge < -0.3 is 0 Å². The van der Waals surface area contributed by atoms with Gasteiger partial charge >= 0.3 is 0 Å². The molecule has 1 saturated carbocycles. The third kappa shape index (κ3) is 2.66. The summed E-state index contributed by atoms with van der Waals surface area (Å²) in [6.07, 6.45) is 6.93. The van der Waals surface area contributed by atoms with Crippen LogP contribution in [0, 0.1) is 11.8 Å². The van der Waals surface area contributed by atoms with Gasteiger partial charge in [0.05, 0.1) is 0 Å². The lowest BCUT2D eigenvalue weighted by atomic mass is 9.79. The topological polar surface area (TPSA) is 0 Å². The summed E-state index contributed by atoms with van der Waals surface area (Å²) in [4.78, 5) is 0. The average molecular weight is 175 g/mol. The van der Waals surface area contributed by atoms with E-state index in [-0.39, 0.29) is 0 Å². The van der Waals surface area contributed by atoms with E-state index in [1.807, 2.05) is 0 Å². The zero-order chi connectivity index (χ0) is 8.27. The quantitative estimate of drug-likeness (QED) is 0.559. The van der Waals surface area contributed by atoms with E-state index in [2.05, 4.69) is 13.8 Å². The van der Waals surface area contributed by atoms with Gasteiger partial charge in [-0.3, -0.25) is 0 Å². The van der Waals surface area contributed by atoms with Crippen LogP contribution in [-0.4, -0.2) is 5.38 Å². The maximum atomic E-state index is 6.08. The Balaban J connectivity index is 2.33. The highest BCUT2D eigenvalue weighted by molar-refractivity contribution is 6.20. The fraction of sp³-hybridized carbons (Fsp3) is 1.00. The molecule has 1 heteroatoms. The Bertz CT molecular complexity index is 109. The third-order valence-electron chi connectivity index (χ3n) is 3.05. The normalized spacial score (nSPS) is 35.2. The van der Waals surface area contributed by atoms with Gasteiger partial charge in [0, 0.05) is 5.38 Å². The summed E-state index contributed by atoms with van der Waals surface area (Å²) in [5, 5.41) is 0.393. The Labute approximate surface area is 75.3 Å². The summed E-state index contributed by atoms with van der Waals surface area (Å²) >= 11 is 6.08. The summed E-state index contributed by atoms with van der Waals surface area (Å²) in [5.41, 5.74) is 0. The number of hydrogen-bond donors (Lipinski definition) is 0. The molecule has 1 rings (SSSR count). The van der Waals surface area contributed by atoms with Crippen LogP contribution >= 0.6 is 11.6 Å². The van der Waals surface area contributed by atoms with Gasteiger partial charge in [0.15, 0.2) is 0 Å². The molecule has 3 atom stereocenters. The van der Waals surface area contributed by atoms with Crippen molar-refractivity contribution in [2.45, 2.75) is 51.3 Å². The first-order valence-corrected chi connectivity index (χ1v) is 5.31. The summed E-state index contributed by atoms with van der Waals surface area (Å²) in [6, 6.07) is 0. The predicted octanol–water partition coefficient (Wildman–Crippen LogP) is 3.83. The SMILES string of the molecule is CCC1CCCC(C(C)Cl)C1. The fourth-order valence-electron chi connectivity index (χ4n) is 2.12. The van der Waals surface area contributed by atoms with Crippen molar-refractivity contribution < 1.29 is 0 Å². The fourth-order valence-corrected chi connectivity index (χ4v) is 2.35. The van der Waals surface area contributed by atoms with E-state index in [4.69, 9.17) is 11.6 Å². The first kappa shape index (κ1) is 9.38. The van der Waals surface area contributed by atoms with Crippen LogP contribution in [0.2, 0.25) is 0 Å². The molecule has 1 fully saturated rings. The molecule has 0 amide bonds. The van der Waals surface area contributed by atoms with E-state index in [0.717, 1.165) is 11.8 Å². The Morgan fingerprint density at radius 3 is 2.73 bits per heavy atom. The van der Waals surface area contributed by atoms with Gasteiger partial charge in [0.2, 0.25) is 0 Å². The number of rotatable bonds is 2. The zero-order valence-electron chi connectivity index (χ0n) is 7.65. The van der Waals surface area contributed by atoms with Crippen molar-refractivity contribution in [3.05, 3.63) is 0 Å². The molecular formula is C10H19Cl. The molecule has 0 aromatic carbocycles. The highest BCUT2D eigenvalue weighted by Gasteiger charge is 2.23. The van der Waals surface area contributed by atoms with Crippen LogP contribution in [0.1, 0.15) is 46.0 Å². The lowest BCUT2D eigenvalue weighted by Crippen LogP contribution is -2.20. The van der Waals surface area contributed by atoms with E-state index in [1.54, 1.807) is 0 Å². The molecule has 0 aromatic rings. The van der Waals surface area contributed by atoms with Crippen molar-refractivity contribution in [1.82, 2.24) is 0 Å². The molecule has 66 valence electrons. The molecule has 1 aliphatic carbocycles. The Kier molecular flexibility index (Phi) is 3.71. The molecule has 0 aromatic heterocycles. The molecule has 0 bridgehead atoms. The van der Waals surface area contributed by atoms with Gasteiger partial charge in [-0.1, -0.05) is 26.2 Å². The van der Waals surface area contributed by atoms with Crippen LogP contribution in [0.3, 0.4) is 0 Å². The van der Waals surface area contributed by atoms with Crippen LogP contribution < -0.4 is 0 Å². The summed E-state index contributed by atoms with van der Waals surface area (Å²) < 4.78 is 0. The monoisotopic (exact) mass is 174 g/mol. The summed E-state index contributed by atoms with van der Waals surface area (Å²) in [5.74, 6) is 1.77. The standard InChI is InChI=1S/C10H19Cl/c1-3-9-5-4-6-10(7-9)8(2)11/h8-10H,3-7H2,1-2H3. The molecule has 0 N–H and O–H groups in total. The van der Waals surface area contributed by atoms with Crippen LogP contribution in [0.25, 0.3) is 0 Å². The average Bonchev–Trinajstić information content (AvgIpc) is 2.05. The predicted molar refractivity (Wildman–Crippen MR) is 51.1 cm³/mol. The highest BCUT2D eigenvalue weighted by atomic mass is 35.5. The van der Waals surface area contributed by atoms with E-state index >= 15 is 0 Å². The van der Waals surface area contributed by atoms with Gasteiger partial charge in [-0.15, -0.1) is 11.6 Å². The van der Waals surface area contributed by atoms with Crippen LogP contribution in [0.4, 0.5) is 0 Å². The van der Waals surface area contributed by atoms with Gasteiger partial charge in [0.1, 0.15) is 0 Å². The second-order valence-electron chi connectivity index (χ2n) is 3.88. The largest absolute Gasteiger partial charge is 0.123 e. The molecule has 0 radical (unpaired) electrons. The van der Waals surface area contributed by atoms with E-state index in [1.165, 1.54) is 32.1 Å². The van der Waals surface area contributed by atoms with Gasteiger partial charge in [-0.25, -0.2) is 0 Å². The van der Waals surface area contributed by atoms with E-state index < -0.39 is 0 Å². The lowest BCUT2D eigenvalue weighted by molar-refractivity contribution is 0.258. The second kappa shape index (κ2) is 4.35. The van der Waals surface area contributed by atoms with Crippen LogP contribution in [0.15, 0.2) is 0 Å². The minimum Gasteiger partial charge on any atom is -0.123 e. The Morgan fingerprint density at radius 2 is 2.18 bits per heavy atom. The molecular weight excluding hydrogens is 156 g/mol. The minimum atomic E-state index is 0.393. The molecule has 3 unspecified atom stereocenters. The highest BCUT2D eigenvalue weighted by Crippen LogP contribution is 2.34. The summed E-state index contributed by atoms with van der Waals surface area (Å²) in [7, 11) is 0. The number of hydrogen-bond acceptors (Lipinski definition) is 0. The maximum Gasteiger partial charge on any atom is 0.0336 e. The van der Waals surface area contributed by atoms with Gasteiger partial charge in [-0.05, 0) is 31.6 Å². The first-order chi connectivity index (χ1) is 5.24. The smallest absolute Gasteiger partial charge is 0.0336 e. The number of halogens is 1.